The minimum Gasteiger partial charge on any atom is -0.350 e. The van der Waals surface area contributed by atoms with Crippen molar-refractivity contribution in [1.82, 2.24) is 24.6 Å². The quantitative estimate of drug-likeness (QED) is 0.572. The van der Waals surface area contributed by atoms with Crippen LogP contribution < -0.4 is 4.90 Å². The van der Waals surface area contributed by atoms with Crippen molar-refractivity contribution in [3.8, 4) is 0 Å². The molecule has 0 atom stereocenters. The zero-order chi connectivity index (χ0) is 16.1. The van der Waals surface area contributed by atoms with Gasteiger partial charge in [0.1, 0.15) is 10.8 Å². The van der Waals surface area contributed by atoms with E-state index in [2.05, 4.69) is 36.6 Å². The van der Waals surface area contributed by atoms with Crippen LogP contribution in [0.15, 0.2) is 36.7 Å². The number of hydrogen-bond donors (Lipinski definition) is 0. The second kappa shape index (κ2) is 5.24. The molecule has 0 unspecified atom stereocenters. The monoisotopic (exact) mass is 336 g/mol. The molecule has 7 heteroatoms. The number of anilines is 1. The molecule has 3 aromatic heterocycles. The number of nitrogens with zero attached hydrogens (tertiary/aromatic N) is 6. The van der Waals surface area contributed by atoms with Gasteiger partial charge in [0, 0.05) is 25.4 Å². The molecule has 4 aromatic rings. The predicted molar refractivity (Wildman–Crippen MR) is 94.5 cm³/mol. The summed E-state index contributed by atoms with van der Waals surface area (Å²) in [7, 11) is 2.03. The van der Waals surface area contributed by atoms with E-state index in [1.165, 1.54) is 17.5 Å². The molecule has 120 valence electrons. The summed E-state index contributed by atoms with van der Waals surface area (Å²) < 4.78 is 3.29. The first kappa shape index (κ1) is 13.9. The Morgan fingerprint density at radius 1 is 1.25 bits per heavy atom. The molecule has 1 aromatic carbocycles. The number of aromatic nitrogens is 5. The van der Waals surface area contributed by atoms with Crippen molar-refractivity contribution in [2.75, 3.05) is 11.9 Å². The molecule has 0 N–H and O–H groups in total. The lowest BCUT2D eigenvalue weighted by molar-refractivity contribution is 0.874. The lowest BCUT2D eigenvalue weighted by Gasteiger charge is -2.16. The third-order valence-corrected chi connectivity index (χ3v) is 5.37. The highest BCUT2D eigenvalue weighted by Crippen LogP contribution is 2.39. The van der Waals surface area contributed by atoms with Crippen molar-refractivity contribution < 1.29 is 0 Å². The summed E-state index contributed by atoms with van der Waals surface area (Å²) in [4.78, 5) is 11.3. The van der Waals surface area contributed by atoms with Crippen LogP contribution in [0.1, 0.15) is 29.6 Å². The van der Waals surface area contributed by atoms with E-state index in [0.717, 1.165) is 27.8 Å². The van der Waals surface area contributed by atoms with Gasteiger partial charge in [0.2, 0.25) is 5.65 Å². The van der Waals surface area contributed by atoms with Crippen molar-refractivity contribution >= 4 is 33.0 Å². The van der Waals surface area contributed by atoms with E-state index < -0.39 is 0 Å². The third kappa shape index (κ3) is 2.24. The van der Waals surface area contributed by atoms with Crippen LogP contribution in [0.5, 0.6) is 0 Å². The first-order chi connectivity index (χ1) is 11.8. The molecule has 0 aliphatic heterocycles. The molecule has 1 aliphatic rings. The lowest BCUT2D eigenvalue weighted by Crippen LogP contribution is -2.18. The Hall–Kier alpha value is -2.54. The van der Waals surface area contributed by atoms with Crippen LogP contribution in [-0.4, -0.2) is 31.6 Å². The van der Waals surface area contributed by atoms with Gasteiger partial charge in [-0.3, -0.25) is 4.40 Å². The van der Waals surface area contributed by atoms with Gasteiger partial charge in [0.15, 0.2) is 5.82 Å². The molecule has 0 spiro atoms. The van der Waals surface area contributed by atoms with E-state index in [9.17, 15) is 0 Å². The minimum atomic E-state index is 0.560. The number of para-hydroxylation sites is 1. The summed E-state index contributed by atoms with van der Waals surface area (Å²) in [6, 6.07) is 8.23. The summed E-state index contributed by atoms with van der Waals surface area (Å²) in [6.45, 7) is 0.706. The zero-order valence-electron chi connectivity index (χ0n) is 13.3. The molecule has 0 radical (unpaired) electrons. The maximum Gasteiger partial charge on any atom is 0.203 e. The summed E-state index contributed by atoms with van der Waals surface area (Å²) >= 11 is 1.72. The van der Waals surface area contributed by atoms with Crippen molar-refractivity contribution in [1.29, 1.82) is 0 Å². The van der Waals surface area contributed by atoms with Gasteiger partial charge in [-0.15, -0.1) is 21.5 Å². The van der Waals surface area contributed by atoms with Crippen molar-refractivity contribution in [2.45, 2.75) is 25.3 Å². The second-order valence-electron chi connectivity index (χ2n) is 6.21. The Morgan fingerprint density at radius 2 is 2.12 bits per heavy atom. The predicted octanol–water partition coefficient (Wildman–Crippen LogP) is 3.25. The summed E-state index contributed by atoms with van der Waals surface area (Å²) in [5, 5.41) is 9.83. The molecular formula is C17H16N6S. The average Bonchev–Trinajstić information content (AvgIpc) is 3.21. The number of thiazole rings is 1. The summed E-state index contributed by atoms with van der Waals surface area (Å²) in [5.41, 5.74) is 1.87. The van der Waals surface area contributed by atoms with Gasteiger partial charge in [0.25, 0.3) is 0 Å². The Bertz CT molecular complexity index is 999. The molecule has 24 heavy (non-hydrogen) atoms. The number of fused-ring (bicyclic) bond motifs is 2. The van der Waals surface area contributed by atoms with E-state index in [4.69, 9.17) is 4.98 Å². The van der Waals surface area contributed by atoms with Crippen molar-refractivity contribution in [3.63, 3.8) is 0 Å². The molecule has 0 amide bonds. The SMILES string of the molecule is CN(Cc1nc2ccccc2s1)c1nccn2c(C3CC3)nnc12. The lowest BCUT2D eigenvalue weighted by atomic mass is 10.3. The fourth-order valence-electron chi connectivity index (χ4n) is 2.99. The largest absolute Gasteiger partial charge is 0.350 e. The fourth-order valence-corrected chi connectivity index (χ4v) is 4.01. The van der Waals surface area contributed by atoms with E-state index in [0.29, 0.717) is 12.5 Å². The van der Waals surface area contributed by atoms with E-state index >= 15 is 0 Å². The second-order valence-corrected chi connectivity index (χ2v) is 7.32. The van der Waals surface area contributed by atoms with Crippen LogP contribution in [0.4, 0.5) is 5.82 Å². The van der Waals surface area contributed by atoms with E-state index in [1.54, 1.807) is 11.3 Å². The Morgan fingerprint density at radius 3 is 2.96 bits per heavy atom. The van der Waals surface area contributed by atoms with E-state index in [1.807, 2.05) is 31.6 Å². The first-order valence-electron chi connectivity index (χ1n) is 8.05. The van der Waals surface area contributed by atoms with Crippen molar-refractivity contribution in [2.24, 2.45) is 0 Å². The average molecular weight is 336 g/mol. The standard InChI is InChI=1S/C17H16N6S/c1-22(10-14-19-12-4-2-3-5-13(12)24-14)16-17-21-20-15(11-6-7-11)23(17)9-8-18-16/h2-5,8-9,11H,6-7,10H2,1H3. The van der Waals surface area contributed by atoms with Crippen LogP contribution >= 0.6 is 11.3 Å². The Kier molecular flexibility index (Phi) is 3.02. The normalized spacial score (nSPS) is 14.5. The molecule has 1 fully saturated rings. The molecule has 1 aliphatic carbocycles. The topological polar surface area (TPSA) is 59.2 Å². The highest BCUT2D eigenvalue weighted by Gasteiger charge is 2.29. The molecule has 0 bridgehead atoms. The van der Waals surface area contributed by atoms with E-state index in [-0.39, 0.29) is 0 Å². The van der Waals surface area contributed by atoms with Crippen LogP contribution in [0.25, 0.3) is 15.9 Å². The van der Waals surface area contributed by atoms with Gasteiger partial charge < -0.3 is 4.90 Å². The highest BCUT2D eigenvalue weighted by atomic mass is 32.1. The van der Waals surface area contributed by atoms with Gasteiger partial charge >= 0.3 is 0 Å². The molecule has 3 heterocycles. The first-order valence-corrected chi connectivity index (χ1v) is 8.86. The fraction of sp³-hybridized carbons (Fsp3) is 0.294. The number of benzene rings is 1. The van der Waals surface area contributed by atoms with Gasteiger partial charge in [-0.2, -0.15) is 0 Å². The Balaban J connectivity index is 1.50. The van der Waals surface area contributed by atoms with Crippen LogP contribution in [0.2, 0.25) is 0 Å². The highest BCUT2D eigenvalue weighted by molar-refractivity contribution is 7.18. The molecule has 0 saturated heterocycles. The smallest absolute Gasteiger partial charge is 0.203 e. The van der Waals surface area contributed by atoms with Gasteiger partial charge in [-0.05, 0) is 25.0 Å². The van der Waals surface area contributed by atoms with Gasteiger partial charge in [0.05, 0.1) is 16.8 Å². The third-order valence-electron chi connectivity index (χ3n) is 4.35. The summed E-state index contributed by atoms with van der Waals surface area (Å²) in [5.74, 6) is 2.46. The molecule has 5 rings (SSSR count). The maximum atomic E-state index is 4.71. The van der Waals surface area contributed by atoms with Crippen LogP contribution in [0.3, 0.4) is 0 Å². The van der Waals surface area contributed by atoms with Crippen LogP contribution in [-0.2, 0) is 6.54 Å². The van der Waals surface area contributed by atoms with Gasteiger partial charge in [-0.1, -0.05) is 12.1 Å². The molecule has 6 nitrogen and oxygen atoms in total. The van der Waals surface area contributed by atoms with Crippen molar-refractivity contribution in [3.05, 3.63) is 47.5 Å². The Labute approximate surface area is 142 Å². The minimum absolute atomic E-state index is 0.560. The summed E-state index contributed by atoms with van der Waals surface area (Å²) in [6.07, 6.45) is 6.20. The number of hydrogen-bond acceptors (Lipinski definition) is 6. The zero-order valence-corrected chi connectivity index (χ0v) is 14.1. The van der Waals surface area contributed by atoms with Crippen LogP contribution in [0, 0.1) is 0 Å². The maximum absolute atomic E-state index is 4.71. The number of rotatable bonds is 4. The molecule has 1 saturated carbocycles. The van der Waals surface area contributed by atoms with Gasteiger partial charge in [-0.25, -0.2) is 9.97 Å². The molecular weight excluding hydrogens is 320 g/mol.